The summed E-state index contributed by atoms with van der Waals surface area (Å²) in [6.45, 7) is 20.2. The van der Waals surface area contributed by atoms with E-state index in [-0.39, 0.29) is 24.1 Å². The maximum Gasteiger partial charge on any atom is 0.330 e. The fourth-order valence-corrected chi connectivity index (χ4v) is 10.6. The van der Waals surface area contributed by atoms with Crippen LogP contribution in [0.2, 0.25) is 36.3 Å². The third kappa shape index (κ3) is 11.2. The molecule has 0 spiro atoms. The Morgan fingerprint density at radius 1 is 0.853 bits per heavy atom. The van der Waals surface area contributed by atoms with Gasteiger partial charge in [-0.3, -0.25) is 0 Å². The normalized spacial score (nSPS) is 16.2. The van der Waals surface area contributed by atoms with Crippen molar-refractivity contribution in [3.05, 3.63) is 34.0 Å². The lowest BCUT2D eigenvalue weighted by Gasteiger charge is -2.40. The molecule has 198 valence electrons. The minimum atomic E-state index is -1.81. The first kappa shape index (κ1) is 33.8. The molecule has 0 bridgehead atoms. The van der Waals surface area contributed by atoms with Crippen molar-refractivity contribution >= 4 is 45.2 Å². The third-order valence-corrected chi connectivity index (χ3v) is 17.2. The van der Waals surface area contributed by atoms with Crippen molar-refractivity contribution in [3.8, 4) is 0 Å². The Balaban J connectivity index is 6.01. The molecule has 0 aromatic heterocycles. The summed E-state index contributed by atoms with van der Waals surface area (Å²) < 4.78 is 21.2. The second-order valence-corrected chi connectivity index (χ2v) is 19.3. The summed E-state index contributed by atoms with van der Waals surface area (Å²) in [5, 5.41) is 0. The van der Waals surface area contributed by atoms with Gasteiger partial charge in [-0.1, -0.05) is 94.9 Å². The lowest BCUT2D eigenvalue weighted by Crippen LogP contribution is -2.47. The standard InChI is InChI=1S/C27H51IO4Si2/c1-10-30-27(29)20-18-23(8)17-19-25(31-33(11-2,12-3)13-4)24(9)26(21-22-28)32-34(14-5,15-6)16-7/h17-18,20-22,24-26H,10-16,19H2,1-9H3/b20-18+,22-21-,23-17+/t24-,25-,26+/m1/s1. The molecular weight excluding hydrogens is 571 g/mol. The number of esters is 1. The average Bonchev–Trinajstić information content (AvgIpc) is 2.86. The number of hydrogen-bond acceptors (Lipinski definition) is 4. The number of hydrogen-bond donors (Lipinski definition) is 0. The molecule has 0 aromatic rings. The minimum Gasteiger partial charge on any atom is -0.463 e. The maximum atomic E-state index is 11.7. The molecule has 3 atom stereocenters. The fraction of sp³-hybridized carbons (Fsp3) is 0.741. The molecule has 34 heavy (non-hydrogen) atoms. The van der Waals surface area contributed by atoms with E-state index in [2.05, 4.69) is 87.3 Å². The van der Waals surface area contributed by atoms with Crippen LogP contribution in [0.15, 0.2) is 34.0 Å². The van der Waals surface area contributed by atoms with E-state index in [9.17, 15) is 4.79 Å². The molecule has 0 heterocycles. The van der Waals surface area contributed by atoms with Gasteiger partial charge in [0.05, 0.1) is 18.8 Å². The summed E-state index contributed by atoms with van der Waals surface area (Å²) in [6.07, 6.45) is 8.71. The van der Waals surface area contributed by atoms with Crippen molar-refractivity contribution in [2.24, 2.45) is 5.92 Å². The van der Waals surface area contributed by atoms with Gasteiger partial charge in [0, 0.05) is 12.0 Å². The molecule has 0 fully saturated rings. The molecule has 0 unspecified atom stereocenters. The van der Waals surface area contributed by atoms with E-state index < -0.39 is 16.6 Å². The zero-order chi connectivity index (χ0) is 26.2. The SMILES string of the molecule is CCOC(=O)/C=C/C(C)=C/C[C@@H](O[Si](CC)(CC)CC)[C@@H](C)[C@H](/C=C\I)O[Si](CC)(CC)CC. The van der Waals surface area contributed by atoms with Gasteiger partial charge in [-0.25, -0.2) is 4.79 Å². The van der Waals surface area contributed by atoms with Gasteiger partial charge in [0.2, 0.25) is 0 Å². The van der Waals surface area contributed by atoms with Gasteiger partial charge >= 0.3 is 5.97 Å². The van der Waals surface area contributed by atoms with Crippen LogP contribution in [0.25, 0.3) is 0 Å². The van der Waals surface area contributed by atoms with Crippen LogP contribution in [0.5, 0.6) is 0 Å². The zero-order valence-electron chi connectivity index (χ0n) is 23.3. The molecule has 0 aliphatic rings. The number of carbonyl (C=O) groups excluding carboxylic acids is 1. The third-order valence-electron chi connectivity index (χ3n) is 7.46. The van der Waals surface area contributed by atoms with Crippen LogP contribution in [0.3, 0.4) is 0 Å². The van der Waals surface area contributed by atoms with Crippen molar-refractivity contribution < 1.29 is 18.4 Å². The second kappa shape index (κ2) is 18.1. The highest BCUT2D eigenvalue weighted by Gasteiger charge is 2.38. The molecule has 4 nitrogen and oxygen atoms in total. The first-order valence-electron chi connectivity index (χ1n) is 13.3. The van der Waals surface area contributed by atoms with E-state index in [1.54, 1.807) is 0 Å². The topological polar surface area (TPSA) is 44.8 Å². The number of allylic oxidation sites excluding steroid dienone is 2. The Kier molecular flexibility index (Phi) is 18.0. The highest BCUT2D eigenvalue weighted by atomic mass is 127. The van der Waals surface area contributed by atoms with E-state index >= 15 is 0 Å². The second-order valence-electron chi connectivity index (χ2n) is 9.17. The van der Waals surface area contributed by atoms with E-state index in [0.717, 1.165) is 48.3 Å². The summed E-state index contributed by atoms with van der Waals surface area (Å²) in [5.41, 5.74) is 1.05. The van der Waals surface area contributed by atoms with Gasteiger partial charge < -0.3 is 13.6 Å². The van der Waals surface area contributed by atoms with Crippen LogP contribution in [-0.4, -0.2) is 41.4 Å². The smallest absolute Gasteiger partial charge is 0.330 e. The first-order chi connectivity index (χ1) is 16.1. The molecule has 0 aromatic carbocycles. The van der Waals surface area contributed by atoms with Gasteiger partial charge in [0.1, 0.15) is 0 Å². The van der Waals surface area contributed by atoms with Gasteiger partial charge in [0.15, 0.2) is 16.6 Å². The maximum absolute atomic E-state index is 11.7. The highest BCUT2D eigenvalue weighted by Crippen LogP contribution is 2.33. The molecule has 0 rings (SSSR count). The van der Waals surface area contributed by atoms with Gasteiger partial charge in [-0.05, 0) is 60.6 Å². The molecule has 0 aliphatic carbocycles. The fourth-order valence-electron chi connectivity index (χ4n) is 4.34. The Morgan fingerprint density at radius 2 is 1.35 bits per heavy atom. The average molecular weight is 623 g/mol. The Labute approximate surface area is 226 Å². The van der Waals surface area contributed by atoms with E-state index in [0.29, 0.717) is 6.61 Å². The Morgan fingerprint density at radius 3 is 1.79 bits per heavy atom. The Bertz CT molecular complexity index is 638. The highest BCUT2D eigenvalue weighted by molar-refractivity contribution is 14.1. The molecule has 0 amide bonds. The largest absolute Gasteiger partial charge is 0.463 e. The lowest BCUT2D eigenvalue weighted by atomic mass is 9.95. The van der Waals surface area contributed by atoms with E-state index in [4.69, 9.17) is 13.6 Å². The van der Waals surface area contributed by atoms with Gasteiger partial charge in [-0.15, -0.1) is 0 Å². The quantitative estimate of drug-likeness (QED) is 0.0504. The minimum absolute atomic E-state index is 0.0504. The van der Waals surface area contributed by atoms with E-state index in [1.807, 2.05) is 19.9 Å². The zero-order valence-corrected chi connectivity index (χ0v) is 27.4. The van der Waals surface area contributed by atoms with Gasteiger partial charge in [0.25, 0.3) is 0 Å². The van der Waals surface area contributed by atoms with E-state index in [1.165, 1.54) is 6.08 Å². The molecule has 0 aliphatic heterocycles. The van der Waals surface area contributed by atoms with Crippen molar-refractivity contribution in [2.75, 3.05) is 6.61 Å². The molecule has 7 heteroatoms. The van der Waals surface area contributed by atoms with Crippen LogP contribution in [0, 0.1) is 5.92 Å². The van der Waals surface area contributed by atoms with Crippen LogP contribution in [0.4, 0.5) is 0 Å². The van der Waals surface area contributed by atoms with Gasteiger partial charge in [-0.2, -0.15) is 0 Å². The number of halogens is 1. The summed E-state index contributed by atoms with van der Waals surface area (Å²) >= 11 is 2.31. The first-order valence-corrected chi connectivity index (χ1v) is 19.6. The predicted octanol–water partition coefficient (Wildman–Crippen LogP) is 8.81. The van der Waals surface area contributed by atoms with Crippen LogP contribution in [-0.2, 0) is 18.4 Å². The summed E-state index contributed by atoms with van der Waals surface area (Å²) in [7, 11) is -3.57. The van der Waals surface area contributed by atoms with Crippen molar-refractivity contribution in [2.45, 2.75) is 117 Å². The summed E-state index contributed by atoms with van der Waals surface area (Å²) in [4.78, 5) is 11.7. The molecular formula is C27H51IO4Si2. The van der Waals surface area contributed by atoms with Crippen LogP contribution < -0.4 is 0 Å². The van der Waals surface area contributed by atoms with Crippen LogP contribution in [0.1, 0.15) is 68.7 Å². The molecule has 0 saturated carbocycles. The summed E-state index contributed by atoms with van der Waals surface area (Å²) in [5.74, 6) is -0.0661. The summed E-state index contributed by atoms with van der Waals surface area (Å²) in [6, 6.07) is 6.79. The van der Waals surface area contributed by atoms with Crippen molar-refractivity contribution in [1.82, 2.24) is 0 Å². The molecule has 0 radical (unpaired) electrons. The van der Waals surface area contributed by atoms with Crippen molar-refractivity contribution in [1.29, 1.82) is 0 Å². The Hall–Kier alpha value is -0.226. The van der Waals surface area contributed by atoms with Crippen LogP contribution >= 0.6 is 22.6 Å². The molecule has 0 saturated heterocycles. The number of ether oxygens (including phenoxy) is 1. The monoisotopic (exact) mass is 622 g/mol. The predicted molar refractivity (Wildman–Crippen MR) is 161 cm³/mol. The van der Waals surface area contributed by atoms with Crippen molar-refractivity contribution in [3.63, 3.8) is 0 Å². The lowest BCUT2D eigenvalue weighted by molar-refractivity contribution is -0.137. The number of rotatable bonds is 18. The number of carbonyl (C=O) groups is 1. The molecule has 0 N–H and O–H groups in total.